The number of aliphatic hydroxyl groups excluding tert-OH is 1. The molecule has 6 nitrogen and oxygen atoms in total. The maximum Gasteiger partial charge on any atom is 0.315 e. The second-order valence-corrected chi connectivity index (χ2v) is 4.68. The quantitative estimate of drug-likeness (QED) is 0.521. The van der Waals surface area contributed by atoms with Gasteiger partial charge in [-0.25, -0.2) is 0 Å². The van der Waals surface area contributed by atoms with Gasteiger partial charge in [0.2, 0.25) is 0 Å². The van der Waals surface area contributed by atoms with Gasteiger partial charge >= 0.3 is 5.69 Å². The lowest BCUT2D eigenvalue weighted by molar-refractivity contribution is -0.383. The van der Waals surface area contributed by atoms with Crippen LogP contribution < -0.4 is 10.6 Å². The Morgan fingerprint density at radius 1 is 1.32 bits per heavy atom. The first-order valence-corrected chi connectivity index (χ1v) is 6.40. The Bertz CT molecular complexity index is 435. The molecule has 106 valence electrons. The number of rotatable bonds is 7. The van der Waals surface area contributed by atoms with Gasteiger partial charge in [0, 0.05) is 13.1 Å². The highest BCUT2D eigenvalue weighted by Crippen LogP contribution is 2.32. The van der Waals surface area contributed by atoms with Crippen LogP contribution >= 0.6 is 0 Å². The number of nitro benzene ring substituents is 1. The largest absolute Gasteiger partial charge is 0.391 e. The zero-order chi connectivity index (χ0) is 14.4. The minimum Gasteiger partial charge on any atom is -0.391 e. The number of benzene rings is 1. The molecule has 0 amide bonds. The molecule has 0 spiro atoms. The highest BCUT2D eigenvalue weighted by atomic mass is 16.6. The zero-order valence-electron chi connectivity index (χ0n) is 11.5. The van der Waals surface area contributed by atoms with Gasteiger partial charge in [0.05, 0.1) is 11.0 Å². The van der Waals surface area contributed by atoms with Crippen molar-refractivity contribution in [1.29, 1.82) is 0 Å². The molecular formula is C13H21N3O3. The van der Waals surface area contributed by atoms with E-state index in [1.165, 1.54) is 0 Å². The Kier molecular flexibility index (Phi) is 5.57. The second kappa shape index (κ2) is 6.94. The van der Waals surface area contributed by atoms with Crippen molar-refractivity contribution in [3.8, 4) is 0 Å². The van der Waals surface area contributed by atoms with E-state index >= 15 is 0 Å². The Morgan fingerprint density at radius 2 is 1.89 bits per heavy atom. The van der Waals surface area contributed by atoms with E-state index in [-0.39, 0.29) is 18.2 Å². The van der Waals surface area contributed by atoms with Crippen LogP contribution in [0.2, 0.25) is 0 Å². The molecule has 1 rings (SSSR count). The van der Waals surface area contributed by atoms with Crippen LogP contribution in [0.1, 0.15) is 20.8 Å². The first kappa shape index (κ1) is 15.2. The van der Waals surface area contributed by atoms with Crippen LogP contribution in [0.3, 0.4) is 0 Å². The van der Waals surface area contributed by atoms with Gasteiger partial charge in [0.1, 0.15) is 11.4 Å². The molecule has 1 aromatic rings. The molecule has 0 saturated heterocycles. The van der Waals surface area contributed by atoms with Crippen LogP contribution in [0, 0.1) is 16.0 Å². The minimum absolute atomic E-state index is 0.0142. The van der Waals surface area contributed by atoms with Gasteiger partial charge < -0.3 is 15.7 Å². The number of hydrogen-bond acceptors (Lipinski definition) is 5. The van der Waals surface area contributed by atoms with Gasteiger partial charge in [-0.15, -0.1) is 0 Å². The van der Waals surface area contributed by atoms with E-state index in [0.29, 0.717) is 17.9 Å². The summed E-state index contributed by atoms with van der Waals surface area (Å²) < 4.78 is 0. The maximum absolute atomic E-state index is 11.2. The summed E-state index contributed by atoms with van der Waals surface area (Å²) in [7, 11) is 0. The SMILES string of the molecule is CCNc1cccc(NCC(O)C(C)C)c1[N+](=O)[O-]. The molecule has 0 aliphatic heterocycles. The molecule has 0 heterocycles. The summed E-state index contributed by atoms with van der Waals surface area (Å²) in [5, 5.41) is 26.8. The Labute approximate surface area is 113 Å². The molecule has 1 atom stereocenters. The molecule has 0 aromatic heterocycles. The molecule has 6 heteroatoms. The van der Waals surface area contributed by atoms with E-state index in [4.69, 9.17) is 0 Å². The Morgan fingerprint density at radius 3 is 2.37 bits per heavy atom. The summed E-state index contributed by atoms with van der Waals surface area (Å²) in [6.45, 7) is 6.57. The van der Waals surface area contributed by atoms with Crippen LogP contribution in [-0.2, 0) is 0 Å². The Balaban J connectivity index is 2.93. The maximum atomic E-state index is 11.2. The first-order chi connectivity index (χ1) is 8.97. The number of hydrogen-bond donors (Lipinski definition) is 3. The smallest absolute Gasteiger partial charge is 0.315 e. The van der Waals surface area contributed by atoms with Gasteiger partial charge in [-0.3, -0.25) is 10.1 Å². The van der Waals surface area contributed by atoms with Crippen LogP contribution in [0.25, 0.3) is 0 Å². The van der Waals surface area contributed by atoms with E-state index in [1.54, 1.807) is 18.2 Å². The summed E-state index contributed by atoms with van der Waals surface area (Å²) in [4.78, 5) is 10.7. The standard InChI is InChI=1S/C13H21N3O3/c1-4-14-10-6-5-7-11(13(10)16(18)19)15-8-12(17)9(2)3/h5-7,9,12,14-15,17H,4,8H2,1-3H3. The number of aliphatic hydroxyl groups is 1. The van der Waals surface area contributed by atoms with E-state index in [9.17, 15) is 15.2 Å². The summed E-state index contributed by atoms with van der Waals surface area (Å²) in [5.41, 5.74) is 0.917. The molecule has 0 bridgehead atoms. The fraction of sp³-hybridized carbons (Fsp3) is 0.538. The van der Waals surface area contributed by atoms with E-state index in [1.807, 2.05) is 20.8 Å². The van der Waals surface area contributed by atoms with Crippen molar-refractivity contribution >= 4 is 17.1 Å². The van der Waals surface area contributed by atoms with Crippen LogP contribution in [-0.4, -0.2) is 29.2 Å². The van der Waals surface area contributed by atoms with Crippen molar-refractivity contribution < 1.29 is 10.0 Å². The number of nitrogens with zero attached hydrogens (tertiary/aromatic N) is 1. The normalized spacial score (nSPS) is 12.3. The number of nitrogens with one attached hydrogen (secondary N) is 2. The molecule has 0 fully saturated rings. The number of anilines is 2. The summed E-state index contributed by atoms with van der Waals surface area (Å²) in [6, 6.07) is 5.06. The number of nitro groups is 1. The van der Waals surface area contributed by atoms with E-state index in [0.717, 1.165) is 0 Å². The summed E-state index contributed by atoms with van der Waals surface area (Å²) >= 11 is 0. The molecule has 0 aliphatic rings. The Hall–Kier alpha value is -1.82. The van der Waals surface area contributed by atoms with Gasteiger partial charge in [0.25, 0.3) is 0 Å². The van der Waals surface area contributed by atoms with Crippen LogP contribution in [0.5, 0.6) is 0 Å². The monoisotopic (exact) mass is 267 g/mol. The van der Waals surface area contributed by atoms with E-state index < -0.39 is 11.0 Å². The number of para-hydroxylation sites is 1. The topological polar surface area (TPSA) is 87.4 Å². The lowest BCUT2D eigenvalue weighted by atomic mass is 10.1. The molecular weight excluding hydrogens is 246 g/mol. The van der Waals surface area contributed by atoms with Crippen molar-refractivity contribution in [1.82, 2.24) is 0 Å². The van der Waals surface area contributed by atoms with Crippen molar-refractivity contribution in [2.24, 2.45) is 5.92 Å². The fourth-order valence-electron chi connectivity index (χ4n) is 1.67. The molecule has 0 saturated carbocycles. The molecule has 1 unspecified atom stereocenters. The lowest BCUT2D eigenvalue weighted by Crippen LogP contribution is -2.25. The predicted molar refractivity (Wildman–Crippen MR) is 76.6 cm³/mol. The molecule has 0 aliphatic carbocycles. The average molecular weight is 267 g/mol. The third-order valence-electron chi connectivity index (χ3n) is 2.86. The fourth-order valence-corrected chi connectivity index (χ4v) is 1.67. The zero-order valence-corrected chi connectivity index (χ0v) is 11.5. The molecule has 0 radical (unpaired) electrons. The average Bonchev–Trinajstić information content (AvgIpc) is 2.35. The second-order valence-electron chi connectivity index (χ2n) is 4.68. The summed E-state index contributed by atoms with van der Waals surface area (Å²) in [6.07, 6.45) is -0.539. The lowest BCUT2D eigenvalue weighted by Gasteiger charge is -2.16. The predicted octanol–water partition coefficient (Wildman–Crippen LogP) is 2.46. The molecule has 1 aromatic carbocycles. The first-order valence-electron chi connectivity index (χ1n) is 6.40. The highest BCUT2D eigenvalue weighted by molar-refractivity contribution is 5.76. The van der Waals surface area contributed by atoms with Gasteiger partial charge in [-0.05, 0) is 25.0 Å². The van der Waals surface area contributed by atoms with Crippen molar-refractivity contribution in [2.75, 3.05) is 23.7 Å². The van der Waals surface area contributed by atoms with Crippen LogP contribution in [0.4, 0.5) is 17.1 Å². The highest BCUT2D eigenvalue weighted by Gasteiger charge is 2.20. The third-order valence-corrected chi connectivity index (χ3v) is 2.86. The minimum atomic E-state index is -0.539. The van der Waals surface area contributed by atoms with Crippen molar-refractivity contribution in [3.63, 3.8) is 0 Å². The van der Waals surface area contributed by atoms with Crippen molar-refractivity contribution in [2.45, 2.75) is 26.9 Å². The summed E-state index contributed by atoms with van der Waals surface area (Å²) in [5.74, 6) is 0.100. The van der Waals surface area contributed by atoms with Crippen LogP contribution in [0.15, 0.2) is 18.2 Å². The van der Waals surface area contributed by atoms with E-state index in [2.05, 4.69) is 10.6 Å². The molecule has 3 N–H and O–H groups in total. The van der Waals surface area contributed by atoms with Gasteiger partial charge in [0.15, 0.2) is 0 Å². The molecule has 19 heavy (non-hydrogen) atoms. The van der Waals surface area contributed by atoms with Gasteiger partial charge in [-0.1, -0.05) is 19.9 Å². The third kappa shape index (κ3) is 4.10. The van der Waals surface area contributed by atoms with Crippen molar-refractivity contribution in [3.05, 3.63) is 28.3 Å². The van der Waals surface area contributed by atoms with Gasteiger partial charge in [-0.2, -0.15) is 0 Å².